The van der Waals surface area contributed by atoms with Gasteiger partial charge in [-0.1, -0.05) is 15.9 Å². The van der Waals surface area contributed by atoms with Gasteiger partial charge >= 0.3 is 0 Å². The van der Waals surface area contributed by atoms with E-state index in [1.54, 1.807) is 7.05 Å². The molecule has 0 N–H and O–H groups in total. The number of sulfonamides is 1. The molecule has 0 spiro atoms. The fourth-order valence-corrected chi connectivity index (χ4v) is 3.61. The van der Waals surface area contributed by atoms with Crippen LogP contribution in [0.5, 0.6) is 0 Å². The number of aryl methyl sites for hydroxylation is 1. The molecule has 1 fully saturated rings. The monoisotopic (exact) mass is 307 g/mol. The van der Waals surface area contributed by atoms with Gasteiger partial charge in [0.05, 0.1) is 6.20 Å². The summed E-state index contributed by atoms with van der Waals surface area (Å²) < 4.78 is 27.4. The average molecular weight is 308 g/mol. The summed E-state index contributed by atoms with van der Waals surface area (Å²) in [5, 5.41) is 3.89. The molecule has 1 aromatic rings. The van der Waals surface area contributed by atoms with Crippen molar-refractivity contribution in [3.8, 4) is 0 Å². The van der Waals surface area contributed by atoms with Crippen molar-refractivity contribution in [2.45, 2.75) is 22.6 Å². The Bertz CT molecular complexity index is 463. The first-order valence-electron chi connectivity index (χ1n) is 5.13. The van der Waals surface area contributed by atoms with Crippen molar-refractivity contribution in [2.75, 3.05) is 13.1 Å². The van der Waals surface area contributed by atoms with Crippen LogP contribution in [0.2, 0.25) is 0 Å². The van der Waals surface area contributed by atoms with Gasteiger partial charge in [0.15, 0.2) is 0 Å². The summed E-state index contributed by atoms with van der Waals surface area (Å²) in [5.74, 6) is 0. The zero-order chi connectivity index (χ0) is 11.8. The van der Waals surface area contributed by atoms with Crippen LogP contribution in [-0.2, 0) is 17.1 Å². The van der Waals surface area contributed by atoms with Crippen LogP contribution in [0.4, 0.5) is 0 Å². The molecule has 2 rings (SSSR count). The molecule has 5 nitrogen and oxygen atoms in total. The largest absolute Gasteiger partial charge is 0.274 e. The summed E-state index contributed by atoms with van der Waals surface area (Å²) in [6.45, 7) is 1.15. The molecule has 16 heavy (non-hydrogen) atoms. The Labute approximate surface area is 104 Å². The number of halogens is 1. The van der Waals surface area contributed by atoms with Crippen molar-refractivity contribution >= 4 is 26.0 Å². The fraction of sp³-hybridized carbons (Fsp3) is 0.667. The molecule has 1 aliphatic rings. The van der Waals surface area contributed by atoms with Gasteiger partial charge in [0.25, 0.3) is 0 Å². The standard InChI is InChI=1S/C9H14BrN3O2S/c1-12-7-9(6-11-12)16(14,15)13-4-2-8(10)3-5-13/h6-8H,2-5H2,1H3. The van der Waals surface area contributed by atoms with Crippen molar-refractivity contribution < 1.29 is 8.42 Å². The van der Waals surface area contributed by atoms with Crippen molar-refractivity contribution in [2.24, 2.45) is 7.05 Å². The van der Waals surface area contributed by atoms with E-state index in [0.29, 0.717) is 17.9 Å². The minimum absolute atomic E-state index is 0.281. The molecule has 0 saturated carbocycles. The Kier molecular flexibility index (Phi) is 3.37. The Morgan fingerprint density at radius 1 is 1.44 bits per heavy atom. The van der Waals surface area contributed by atoms with Gasteiger partial charge in [0.2, 0.25) is 10.0 Å². The number of nitrogens with zero attached hydrogens (tertiary/aromatic N) is 3. The van der Waals surface area contributed by atoms with Gasteiger partial charge in [-0.15, -0.1) is 0 Å². The van der Waals surface area contributed by atoms with Crippen molar-refractivity contribution in [1.29, 1.82) is 0 Å². The number of piperidine rings is 1. The fourth-order valence-electron chi connectivity index (χ4n) is 1.75. The zero-order valence-corrected chi connectivity index (χ0v) is 11.4. The quantitative estimate of drug-likeness (QED) is 0.765. The predicted molar refractivity (Wildman–Crippen MR) is 63.9 cm³/mol. The highest BCUT2D eigenvalue weighted by atomic mass is 79.9. The predicted octanol–water partition coefficient (Wildman–Crippen LogP) is 0.968. The van der Waals surface area contributed by atoms with Gasteiger partial charge in [0, 0.05) is 31.2 Å². The molecule has 0 unspecified atom stereocenters. The van der Waals surface area contributed by atoms with E-state index in [1.807, 2.05) is 0 Å². The summed E-state index contributed by atoms with van der Waals surface area (Å²) >= 11 is 3.50. The SMILES string of the molecule is Cn1cc(S(=O)(=O)N2CCC(Br)CC2)cn1. The zero-order valence-electron chi connectivity index (χ0n) is 9.00. The maximum absolute atomic E-state index is 12.2. The van der Waals surface area contributed by atoms with E-state index in [9.17, 15) is 8.42 Å². The van der Waals surface area contributed by atoms with Crippen LogP contribution in [-0.4, -0.2) is 40.4 Å². The van der Waals surface area contributed by atoms with Crippen LogP contribution < -0.4 is 0 Å². The maximum Gasteiger partial charge on any atom is 0.246 e. The van der Waals surface area contributed by atoms with Crippen molar-refractivity contribution in [3.05, 3.63) is 12.4 Å². The van der Waals surface area contributed by atoms with Crippen LogP contribution in [0, 0.1) is 0 Å². The highest BCUT2D eigenvalue weighted by Crippen LogP contribution is 2.23. The normalized spacial score (nSPS) is 20.1. The average Bonchev–Trinajstić information content (AvgIpc) is 2.66. The van der Waals surface area contributed by atoms with Crippen LogP contribution in [0.15, 0.2) is 17.3 Å². The van der Waals surface area contributed by atoms with E-state index in [-0.39, 0.29) is 4.90 Å². The van der Waals surface area contributed by atoms with Gasteiger partial charge in [-0.25, -0.2) is 8.42 Å². The Morgan fingerprint density at radius 3 is 2.56 bits per heavy atom. The van der Waals surface area contributed by atoms with Gasteiger partial charge in [-0.3, -0.25) is 4.68 Å². The second-order valence-corrected chi connectivity index (χ2v) is 7.16. The lowest BCUT2D eigenvalue weighted by Crippen LogP contribution is -2.38. The summed E-state index contributed by atoms with van der Waals surface area (Å²) in [4.78, 5) is 0.718. The molecule has 2 heterocycles. The molecule has 0 aliphatic carbocycles. The molecule has 1 saturated heterocycles. The number of hydrogen-bond donors (Lipinski definition) is 0. The van der Waals surface area contributed by atoms with Crippen molar-refractivity contribution in [1.82, 2.24) is 14.1 Å². The molecular formula is C9H14BrN3O2S. The molecule has 0 amide bonds. The summed E-state index contributed by atoms with van der Waals surface area (Å²) in [6.07, 6.45) is 4.66. The molecule has 90 valence electrons. The van der Waals surface area contributed by atoms with E-state index in [1.165, 1.54) is 21.4 Å². The molecule has 0 radical (unpaired) electrons. The molecule has 0 aromatic carbocycles. The third-order valence-electron chi connectivity index (χ3n) is 2.70. The molecule has 0 bridgehead atoms. The third-order valence-corrected chi connectivity index (χ3v) is 5.47. The van der Waals surface area contributed by atoms with E-state index in [2.05, 4.69) is 21.0 Å². The van der Waals surface area contributed by atoms with Gasteiger partial charge < -0.3 is 0 Å². The molecule has 0 atom stereocenters. The number of hydrogen-bond acceptors (Lipinski definition) is 3. The lowest BCUT2D eigenvalue weighted by atomic mass is 10.2. The summed E-state index contributed by atoms with van der Waals surface area (Å²) in [5.41, 5.74) is 0. The Balaban J connectivity index is 2.20. The minimum Gasteiger partial charge on any atom is -0.274 e. The van der Waals surface area contributed by atoms with Gasteiger partial charge in [0.1, 0.15) is 4.90 Å². The van der Waals surface area contributed by atoms with E-state index < -0.39 is 10.0 Å². The highest BCUT2D eigenvalue weighted by molar-refractivity contribution is 9.09. The molecule has 7 heteroatoms. The summed E-state index contributed by atoms with van der Waals surface area (Å²) in [7, 11) is -1.62. The van der Waals surface area contributed by atoms with Crippen LogP contribution >= 0.6 is 15.9 Å². The molecular weight excluding hydrogens is 294 g/mol. The summed E-state index contributed by atoms with van der Waals surface area (Å²) in [6, 6.07) is 0. The number of rotatable bonds is 2. The topological polar surface area (TPSA) is 55.2 Å². The molecule has 1 aliphatic heterocycles. The molecule has 1 aromatic heterocycles. The van der Waals surface area contributed by atoms with Crippen LogP contribution in [0.3, 0.4) is 0 Å². The van der Waals surface area contributed by atoms with E-state index >= 15 is 0 Å². The smallest absolute Gasteiger partial charge is 0.246 e. The third kappa shape index (κ3) is 2.31. The first kappa shape index (κ1) is 12.1. The number of alkyl halides is 1. The first-order valence-corrected chi connectivity index (χ1v) is 7.48. The first-order chi connectivity index (χ1) is 7.50. The Morgan fingerprint density at radius 2 is 2.06 bits per heavy atom. The van der Waals surface area contributed by atoms with Crippen LogP contribution in [0.1, 0.15) is 12.8 Å². The lowest BCUT2D eigenvalue weighted by Gasteiger charge is -2.28. The maximum atomic E-state index is 12.2. The van der Waals surface area contributed by atoms with Gasteiger partial charge in [-0.05, 0) is 12.8 Å². The number of aromatic nitrogens is 2. The van der Waals surface area contributed by atoms with Gasteiger partial charge in [-0.2, -0.15) is 9.40 Å². The minimum atomic E-state index is -3.34. The van der Waals surface area contributed by atoms with E-state index in [0.717, 1.165) is 12.8 Å². The van der Waals surface area contributed by atoms with Crippen LogP contribution in [0.25, 0.3) is 0 Å². The lowest BCUT2D eigenvalue weighted by molar-refractivity contribution is 0.354. The second-order valence-electron chi connectivity index (χ2n) is 3.93. The van der Waals surface area contributed by atoms with E-state index in [4.69, 9.17) is 0 Å². The second kappa shape index (κ2) is 4.46. The van der Waals surface area contributed by atoms with Crippen molar-refractivity contribution in [3.63, 3.8) is 0 Å². The Hall–Kier alpha value is -0.400. The highest BCUT2D eigenvalue weighted by Gasteiger charge is 2.29.